The van der Waals surface area contributed by atoms with Crippen LogP contribution in [0.1, 0.15) is 113 Å². The Bertz CT molecular complexity index is 764. The highest BCUT2D eigenvalue weighted by molar-refractivity contribution is 5.64. The van der Waals surface area contributed by atoms with Crippen LogP contribution in [-0.2, 0) is 0 Å². The average Bonchev–Trinajstić information content (AvgIpc) is 2.85. The predicted octanol–water partition coefficient (Wildman–Crippen LogP) is 9.26. The second kappa shape index (κ2) is 9.71. The molecule has 30 heavy (non-hydrogen) atoms. The van der Waals surface area contributed by atoms with Crippen molar-refractivity contribution in [2.75, 3.05) is 0 Å². The minimum atomic E-state index is 0.799. The van der Waals surface area contributed by atoms with Crippen molar-refractivity contribution < 1.29 is 0 Å². The van der Waals surface area contributed by atoms with Gasteiger partial charge in [-0.25, -0.2) is 0 Å². The molecule has 160 valence electrons. The number of hydrogen-bond donors (Lipinski definition) is 0. The molecule has 3 fully saturated rings. The number of rotatable bonds is 4. The van der Waals surface area contributed by atoms with Crippen LogP contribution in [0, 0.1) is 11.8 Å². The van der Waals surface area contributed by atoms with Crippen molar-refractivity contribution in [1.29, 1.82) is 0 Å². The third-order valence-electron chi connectivity index (χ3n) is 8.79. The maximum Gasteiger partial charge on any atom is -0.0162 e. The van der Waals surface area contributed by atoms with E-state index in [1.165, 1.54) is 101 Å². The second-order valence-corrected chi connectivity index (χ2v) is 10.6. The molecule has 0 amide bonds. The van der Waals surface area contributed by atoms with E-state index in [4.69, 9.17) is 0 Å². The van der Waals surface area contributed by atoms with Gasteiger partial charge in [-0.15, -0.1) is 0 Å². The molecule has 0 spiro atoms. The Morgan fingerprint density at radius 3 is 1.27 bits per heavy atom. The van der Waals surface area contributed by atoms with Crippen LogP contribution >= 0.6 is 0 Å². The van der Waals surface area contributed by atoms with E-state index >= 15 is 0 Å². The van der Waals surface area contributed by atoms with Gasteiger partial charge in [-0.05, 0) is 84.5 Å². The molecule has 0 atom stereocenters. The van der Waals surface area contributed by atoms with Crippen molar-refractivity contribution in [2.24, 2.45) is 11.8 Å². The van der Waals surface area contributed by atoms with Gasteiger partial charge >= 0.3 is 0 Å². The lowest BCUT2D eigenvalue weighted by Crippen LogP contribution is -2.23. The van der Waals surface area contributed by atoms with Crippen molar-refractivity contribution in [2.45, 2.75) is 102 Å². The lowest BCUT2D eigenvalue weighted by atomic mass is 9.70. The van der Waals surface area contributed by atoms with Crippen LogP contribution in [0.4, 0.5) is 0 Å². The summed E-state index contributed by atoms with van der Waals surface area (Å²) < 4.78 is 0. The number of hydrogen-bond acceptors (Lipinski definition) is 0. The van der Waals surface area contributed by atoms with E-state index in [0.717, 1.165) is 23.7 Å². The first kappa shape index (κ1) is 20.3. The van der Waals surface area contributed by atoms with Crippen molar-refractivity contribution in [3.63, 3.8) is 0 Å². The zero-order valence-corrected chi connectivity index (χ0v) is 18.8. The minimum absolute atomic E-state index is 0.799. The second-order valence-electron chi connectivity index (χ2n) is 10.6. The third-order valence-corrected chi connectivity index (χ3v) is 8.79. The molecule has 3 aliphatic carbocycles. The lowest BCUT2D eigenvalue weighted by Gasteiger charge is -2.36. The summed E-state index contributed by atoms with van der Waals surface area (Å²) in [6.07, 6.45) is 20.3. The summed E-state index contributed by atoms with van der Waals surface area (Å²) >= 11 is 0. The Hall–Kier alpha value is -1.56. The fraction of sp³-hybridized carbons (Fsp3) is 0.600. The summed E-state index contributed by atoms with van der Waals surface area (Å²) in [5.74, 6) is 3.69. The fourth-order valence-electron chi connectivity index (χ4n) is 6.86. The van der Waals surface area contributed by atoms with Gasteiger partial charge in [-0.3, -0.25) is 0 Å². The van der Waals surface area contributed by atoms with Gasteiger partial charge in [-0.1, -0.05) is 99.9 Å². The van der Waals surface area contributed by atoms with Crippen LogP contribution < -0.4 is 0 Å². The van der Waals surface area contributed by atoms with E-state index in [9.17, 15) is 0 Å². The first-order valence-corrected chi connectivity index (χ1v) is 13.1. The minimum Gasteiger partial charge on any atom is -0.0581 e. The molecule has 0 radical (unpaired) electrons. The van der Waals surface area contributed by atoms with E-state index < -0.39 is 0 Å². The summed E-state index contributed by atoms with van der Waals surface area (Å²) in [5.41, 5.74) is 5.90. The van der Waals surface area contributed by atoms with Gasteiger partial charge in [0.25, 0.3) is 0 Å². The van der Waals surface area contributed by atoms with Crippen molar-refractivity contribution in [3.8, 4) is 11.1 Å². The predicted molar refractivity (Wildman–Crippen MR) is 129 cm³/mol. The monoisotopic (exact) mass is 400 g/mol. The molecule has 0 saturated heterocycles. The van der Waals surface area contributed by atoms with Crippen LogP contribution in [0.5, 0.6) is 0 Å². The Labute approximate surface area is 184 Å². The van der Waals surface area contributed by atoms with Gasteiger partial charge in [0.05, 0.1) is 0 Å². The van der Waals surface area contributed by atoms with E-state index in [1.54, 1.807) is 11.1 Å². The normalized spacial score (nSPS) is 26.5. The molecule has 0 unspecified atom stereocenters. The van der Waals surface area contributed by atoms with Crippen LogP contribution in [0.15, 0.2) is 48.5 Å². The summed E-state index contributed by atoms with van der Waals surface area (Å²) in [5, 5.41) is 0. The van der Waals surface area contributed by atoms with Crippen LogP contribution in [-0.4, -0.2) is 0 Å². The topological polar surface area (TPSA) is 0 Å². The molecule has 0 aromatic heterocycles. The SMILES string of the molecule is c1cc(C2CCCCC2)ccc1-c1ccc(C2CCC(C3CCCCC3)CC2)cc1. The zero-order valence-electron chi connectivity index (χ0n) is 18.8. The molecule has 0 heterocycles. The molecule has 2 aromatic rings. The van der Waals surface area contributed by atoms with Crippen molar-refractivity contribution in [3.05, 3.63) is 59.7 Å². The van der Waals surface area contributed by atoms with Gasteiger partial charge in [-0.2, -0.15) is 0 Å². The Morgan fingerprint density at radius 1 is 0.367 bits per heavy atom. The molecule has 0 aliphatic heterocycles. The fourth-order valence-corrected chi connectivity index (χ4v) is 6.86. The van der Waals surface area contributed by atoms with Crippen LogP contribution in [0.3, 0.4) is 0 Å². The highest BCUT2D eigenvalue weighted by Gasteiger charge is 2.29. The molecular formula is C30H40. The van der Waals surface area contributed by atoms with Gasteiger partial charge in [0.15, 0.2) is 0 Å². The molecule has 2 aromatic carbocycles. The van der Waals surface area contributed by atoms with Crippen molar-refractivity contribution >= 4 is 0 Å². The molecule has 0 bridgehead atoms. The lowest BCUT2D eigenvalue weighted by molar-refractivity contribution is 0.186. The Balaban J connectivity index is 1.18. The first-order chi connectivity index (χ1) is 14.9. The Morgan fingerprint density at radius 2 is 0.767 bits per heavy atom. The molecule has 3 saturated carbocycles. The van der Waals surface area contributed by atoms with Gasteiger partial charge in [0.1, 0.15) is 0 Å². The van der Waals surface area contributed by atoms with Gasteiger partial charge in [0, 0.05) is 0 Å². The summed E-state index contributed by atoms with van der Waals surface area (Å²) in [4.78, 5) is 0. The summed E-state index contributed by atoms with van der Waals surface area (Å²) in [6.45, 7) is 0. The summed E-state index contributed by atoms with van der Waals surface area (Å²) in [6, 6.07) is 19.1. The smallest absolute Gasteiger partial charge is 0.0162 e. The largest absolute Gasteiger partial charge is 0.0581 e. The van der Waals surface area contributed by atoms with E-state index in [0.29, 0.717) is 0 Å². The average molecular weight is 401 g/mol. The molecule has 0 nitrogen and oxygen atoms in total. The van der Waals surface area contributed by atoms with Crippen LogP contribution in [0.25, 0.3) is 11.1 Å². The first-order valence-electron chi connectivity index (χ1n) is 13.1. The standard InChI is InChI=1S/C30H40/c1-3-7-23(8-4-1)25-11-15-27(16-12-25)29-19-21-30(22-20-29)28-17-13-26(14-18-28)24-9-5-2-6-10-24/h11-12,15-16,19-24,26,28H,1-10,13-14,17-18H2. The molecule has 0 N–H and O–H groups in total. The molecule has 3 aliphatic rings. The third kappa shape index (κ3) is 4.68. The van der Waals surface area contributed by atoms with Gasteiger partial charge < -0.3 is 0 Å². The van der Waals surface area contributed by atoms with E-state index in [1.807, 2.05) is 0 Å². The summed E-state index contributed by atoms with van der Waals surface area (Å²) in [7, 11) is 0. The molecule has 0 heteroatoms. The van der Waals surface area contributed by atoms with E-state index in [2.05, 4.69) is 48.5 Å². The maximum atomic E-state index is 2.43. The highest BCUT2D eigenvalue weighted by atomic mass is 14.3. The quantitative estimate of drug-likeness (QED) is 0.479. The molecular weight excluding hydrogens is 360 g/mol. The van der Waals surface area contributed by atoms with E-state index in [-0.39, 0.29) is 0 Å². The van der Waals surface area contributed by atoms with Crippen molar-refractivity contribution in [1.82, 2.24) is 0 Å². The highest BCUT2D eigenvalue weighted by Crippen LogP contribution is 2.43. The molecule has 5 rings (SSSR count). The zero-order chi connectivity index (χ0) is 20.2. The van der Waals surface area contributed by atoms with Gasteiger partial charge in [0.2, 0.25) is 0 Å². The maximum absolute atomic E-state index is 2.43. The Kier molecular flexibility index (Phi) is 6.59. The van der Waals surface area contributed by atoms with Crippen LogP contribution in [0.2, 0.25) is 0 Å². The number of benzene rings is 2.